The molecule has 0 spiro atoms. The first kappa shape index (κ1) is 16.9. The molecule has 7 heteroatoms. The molecule has 0 radical (unpaired) electrons. The van der Waals surface area contributed by atoms with Crippen LogP contribution in [-0.2, 0) is 16.9 Å². The standard InChI is InChI=1S/C18H16F2N2O3/c1-18(14-9-12(19)6-7-15(14)20)16(23)22(17(24)21-18)10-11-4-3-5-13(8-11)25-2/h3-9H,10H2,1-2H3,(H,21,24)/t18-/m0/s1. The second-order valence-corrected chi connectivity index (χ2v) is 5.92. The van der Waals surface area contributed by atoms with E-state index in [1.165, 1.54) is 14.0 Å². The van der Waals surface area contributed by atoms with E-state index >= 15 is 0 Å². The Morgan fingerprint density at radius 1 is 1.16 bits per heavy atom. The molecule has 1 heterocycles. The highest BCUT2D eigenvalue weighted by Gasteiger charge is 2.50. The van der Waals surface area contributed by atoms with E-state index < -0.39 is 29.1 Å². The van der Waals surface area contributed by atoms with Crippen LogP contribution < -0.4 is 10.1 Å². The third-order valence-electron chi connectivity index (χ3n) is 4.22. The Labute approximate surface area is 143 Å². The topological polar surface area (TPSA) is 58.6 Å². The molecule has 1 fully saturated rings. The molecule has 0 aromatic heterocycles. The van der Waals surface area contributed by atoms with Gasteiger partial charge in [-0.15, -0.1) is 0 Å². The van der Waals surface area contributed by atoms with Crippen LogP contribution in [0.5, 0.6) is 5.75 Å². The van der Waals surface area contributed by atoms with Gasteiger partial charge in [0.05, 0.1) is 13.7 Å². The summed E-state index contributed by atoms with van der Waals surface area (Å²) in [6.45, 7) is 1.35. The molecule has 3 rings (SSSR count). The normalized spacial score (nSPS) is 19.9. The lowest BCUT2D eigenvalue weighted by atomic mass is 9.91. The fraction of sp³-hybridized carbons (Fsp3) is 0.222. The van der Waals surface area contributed by atoms with Crippen LogP contribution in [0.1, 0.15) is 18.1 Å². The van der Waals surface area contributed by atoms with E-state index in [1.54, 1.807) is 24.3 Å². The van der Waals surface area contributed by atoms with Gasteiger partial charge in [0.2, 0.25) is 0 Å². The highest BCUT2D eigenvalue weighted by atomic mass is 19.1. The van der Waals surface area contributed by atoms with Crippen LogP contribution >= 0.6 is 0 Å². The highest BCUT2D eigenvalue weighted by molar-refractivity contribution is 6.07. The number of hydrogen-bond donors (Lipinski definition) is 1. The van der Waals surface area contributed by atoms with Gasteiger partial charge in [0, 0.05) is 5.56 Å². The number of rotatable bonds is 4. The number of amides is 3. The Balaban J connectivity index is 1.92. The lowest BCUT2D eigenvalue weighted by Crippen LogP contribution is -2.41. The highest BCUT2D eigenvalue weighted by Crippen LogP contribution is 2.32. The van der Waals surface area contributed by atoms with Gasteiger partial charge in [-0.05, 0) is 42.8 Å². The second-order valence-electron chi connectivity index (χ2n) is 5.92. The Kier molecular flexibility index (Phi) is 4.16. The van der Waals surface area contributed by atoms with Gasteiger partial charge in [0.1, 0.15) is 22.9 Å². The van der Waals surface area contributed by atoms with Crippen LogP contribution in [0.25, 0.3) is 0 Å². The molecule has 5 nitrogen and oxygen atoms in total. The van der Waals surface area contributed by atoms with Crippen molar-refractivity contribution < 1.29 is 23.1 Å². The summed E-state index contributed by atoms with van der Waals surface area (Å²) in [6.07, 6.45) is 0. The van der Waals surface area contributed by atoms with Gasteiger partial charge in [-0.3, -0.25) is 9.69 Å². The summed E-state index contributed by atoms with van der Waals surface area (Å²) in [6, 6.07) is 9.04. The summed E-state index contributed by atoms with van der Waals surface area (Å²) < 4.78 is 32.7. The van der Waals surface area contributed by atoms with Crippen molar-refractivity contribution in [1.29, 1.82) is 0 Å². The number of halogens is 2. The summed E-state index contributed by atoms with van der Waals surface area (Å²) in [5.41, 5.74) is -1.20. The largest absolute Gasteiger partial charge is 0.497 e. The van der Waals surface area contributed by atoms with E-state index in [1.807, 2.05) is 0 Å². The monoisotopic (exact) mass is 346 g/mol. The van der Waals surface area contributed by atoms with Crippen molar-refractivity contribution in [3.8, 4) is 5.75 Å². The van der Waals surface area contributed by atoms with E-state index in [0.29, 0.717) is 11.3 Å². The zero-order valence-corrected chi connectivity index (χ0v) is 13.7. The number of hydrogen-bond acceptors (Lipinski definition) is 3. The molecule has 0 aliphatic carbocycles. The number of nitrogens with one attached hydrogen (secondary N) is 1. The zero-order valence-electron chi connectivity index (χ0n) is 13.7. The minimum absolute atomic E-state index is 0.00556. The van der Waals surface area contributed by atoms with Crippen molar-refractivity contribution in [2.24, 2.45) is 0 Å². The van der Waals surface area contributed by atoms with Crippen molar-refractivity contribution in [3.63, 3.8) is 0 Å². The van der Waals surface area contributed by atoms with Crippen LogP contribution in [0.2, 0.25) is 0 Å². The Morgan fingerprint density at radius 2 is 1.92 bits per heavy atom. The van der Waals surface area contributed by atoms with Crippen molar-refractivity contribution in [2.45, 2.75) is 19.0 Å². The Hall–Kier alpha value is -2.96. The molecule has 1 atom stereocenters. The van der Waals surface area contributed by atoms with Crippen LogP contribution in [0, 0.1) is 11.6 Å². The van der Waals surface area contributed by atoms with Gasteiger partial charge in [-0.25, -0.2) is 13.6 Å². The fourth-order valence-electron chi connectivity index (χ4n) is 2.86. The molecule has 1 saturated heterocycles. The van der Waals surface area contributed by atoms with E-state index in [0.717, 1.165) is 23.1 Å². The number of carbonyl (C=O) groups is 2. The maximum Gasteiger partial charge on any atom is 0.325 e. The SMILES string of the molecule is COc1cccc(CN2C(=O)N[C@@](C)(c3cc(F)ccc3F)C2=O)c1. The maximum atomic E-state index is 14.1. The van der Waals surface area contributed by atoms with Crippen LogP contribution in [-0.4, -0.2) is 23.9 Å². The molecular weight excluding hydrogens is 330 g/mol. The van der Waals surface area contributed by atoms with Crippen molar-refractivity contribution in [1.82, 2.24) is 10.2 Å². The number of benzene rings is 2. The van der Waals surface area contributed by atoms with E-state index in [2.05, 4.69) is 5.32 Å². The number of urea groups is 1. The lowest BCUT2D eigenvalue weighted by molar-refractivity contribution is -0.131. The summed E-state index contributed by atoms with van der Waals surface area (Å²) in [5, 5.41) is 2.46. The first-order valence-corrected chi connectivity index (χ1v) is 7.57. The quantitative estimate of drug-likeness (QED) is 0.866. The first-order valence-electron chi connectivity index (χ1n) is 7.57. The summed E-state index contributed by atoms with van der Waals surface area (Å²) in [7, 11) is 1.51. The van der Waals surface area contributed by atoms with E-state index in [-0.39, 0.29) is 12.1 Å². The fourth-order valence-corrected chi connectivity index (χ4v) is 2.86. The van der Waals surface area contributed by atoms with Gasteiger partial charge in [-0.1, -0.05) is 12.1 Å². The predicted octanol–water partition coefficient (Wildman–Crippen LogP) is 2.94. The first-order chi connectivity index (χ1) is 11.8. The van der Waals surface area contributed by atoms with E-state index in [4.69, 9.17) is 4.74 Å². The van der Waals surface area contributed by atoms with Gasteiger partial charge in [0.25, 0.3) is 5.91 Å². The Bertz CT molecular complexity index is 856. The third kappa shape index (κ3) is 2.93. The van der Waals surface area contributed by atoms with Gasteiger partial charge in [0.15, 0.2) is 0 Å². The maximum absolute atomic E-state index is 14.1. The zero-order chi connectivity index (χ0) is 18.2. The predicted molar refractivity (Wildman–Crippen MR) is 85.8 cm³/mol. The molecule has 1 aliphatic heterocycles. The number of nitrogens with zero attached hydrogens (tertiary/aromatic N) is 1. The molecule has 2 aromatic carbocycles. The van der Waals surface area contributed by atoms with Crippen LogP contribution in [0.15, 0.2) is 42.5 Å². The minimum atomic E-state index is -1.66. The second kappa shape index (κ2) is 6.16. The van der Waals surface area contributed by atoms with Gasteiger partial charge < -0.3 is 10.1 Å². The van der Waals surface area contributed by atoms with E-state index in [9.17, 15) is 18.4 Å². The molecule has 130 valence electrons. The summed E-state index contributed by atoms with van der Waals surface area (Å²) in [4.78, 5) is 26.0. The van der Waals surface area contributed by atoms with Crippen LogP contribution in [0.4, 0.5) is 13.6 Å². The Morgan fingerprint density at radius 3 is 2.64 bits per heavy atom. The summed E-state index contributed by atoms with van der Waals surface area (Å²) >= 11 is 0. The molecular formula is C18H16F2N2O3. The average Bonchev–Trinajstić information content (AvgIpc) is 2.81. The molecule has 0 unspecified atom stereocenters. The number of ether oxygens (including phenoxy) is 1. The smallest absolute Gasteiger partial charge is 0.325 e. The van der Waals surface area contributed by atoms with Crippen molar-refractivity contribution in [2.75, 3.05) is 7.11 Å². The lowest BCUT2D eigenvalue weighted by Gasteiger charge is -2.23. The number of methoxy groups -OCH3 is 1. The minimum Gasteiger partial charge on any atom is -0.497 e. The molecule has 1 aliphatic rings. The average molecular weight is 346 g/mol. The molecule has 25 heavy (non-hydrogen) atoms. The number of carbonyl (C=O) groups excluding carboxylic acids is 2. The van der Waals surface area contributed by atoms with Gasteiger partial charge in [-0.2, -0.15) is 0 Å². The third-order valence-corrected chi connectivity index (χ3v) is 4.22. The molecule has 2 aromatic rings. The van der Waals surface area contributed by atoms with Crippen molar-refractivity contribution >= 4 is 11.9 Å². The molecule has 1 N–H and O–H groups in total. The molecule has 3 amide bonds. The number of imide groups is 1. The van der Waals surface area contributed by atoms with Crippen molar-refractivity contribution in [3.05, 3.63) is 65.2 Å². The van der Waals surface area contributed by atoms with Gasteiger partial charge >= 0.3 is 6.03 Å². The molecule has 0 saturated carbocycles. The van der Waals surface area contributed by atoms with Crippen LogP contribution in [0.3, 0.4) is 0 Å². The molecule has 0 bridgehead atoms. The summed E-state index contributed by atoms with van der Waals surface area (Å²) in [5.74, 6) is -1.51.